The van der Waals surface area contributed by atoms with Crippen molar-refractivity contribution < 1.29 is 9.18 Å². The molecule has 1 atom stereocenters. The highest BCUT2D eigenvalue weighted by Crippen LogP contribution is 2.21. The van der Waals surface area contributed by atoms with Crippen molar-refractivity contribution in [1.82, 2.24) is 19.6 Å². The zero-order valence-electron chi connectivity index (χ0n) is 17.1. The number of hydrogen-bond acceptors (Lipinski definition) is 3. The first-order valence-corrected chi connectivity index (χ1v) is 10.2. The molecule has 0 unspecified atom stereocenters. The third kappa shape index (κ3) is 5.41. The monoisotopic (exact) mass is 386 g/mol. The van der Waals surface area contributed by atoms with Crippen molar-refractivity contribution in [3.63, 3.8) is 0 Å². The van der Waals surface area contributed by atoms with Crippen LogP contribution in [-0.4, -0.2) is 51.2 Å². The Labute approximate surface area is 167 Å². The summed E-state index contributed by atoms with van der Waals surface area (Å²) in [7, 11) is 0. The summed E-state index contributed by atoms with van der Waals surface area (Å²) < 4.78 is 15.2. The van der Waals surface area contributed by atoms with Gasteiger partial charge < -0.3 is 9.80 Å². The predicted molar refractivity (Wildman–Crippen MR) is 108 cm³/mol. The molecule has 1 aromatic carbocycles. The first-order chi connectivity index (χ1) is 13.4. The maximum atomic E-state index is 13.2. The molecule has 2 heterocycles. The number of amides is 1. The smallest absolute Gasteiger partial charge is 0.224 e. The zero-order chi connectivity index (χ0) is 20.1. The minimum absolute atomic E-state index is 0.159. The van der Waals surface area contributed by atoms with Crippen LogP contribution in [0.5, 0.6) is 0 Å². The fourth-order valence-corrected chi connectivity index (χ4v) is 3.85. The van der Waals surface area contributed by atoms with E-state index >= 15 is 0 Å². The Balaban J connectivity index is 1.62. The molecule has 0 aliphatic carbocycles. The Morgan fingerprint density at radius 3 is 2.61 bits per heavy atom. The highest BCUT2D eigenvalue weighted by atomic mass is 19.1. The number of carbonyl (C=O) groups is 1. The molecule has 1 aliphatic heterocycles. The van der Waals surface area contributed by atoms with Gasteiger partial charge in [0.2, 0.25) is 5.91 Å². The molecule has 1 saturated heterocycles. The van der Waals surface area contributed by atoms with E-state index in [2.05, 4.69) is 30.0 Å². The van der Waals surface area contributed by atoms with E-state index in [0.717, 1.165) is 38.2 Å². The van der Waals surface area contributed by atoms with Gasteiger partial charge in [0.15, 0.2) is 0 Å². The lowest BCUT2D eigenvalue weighted by Gasteiger charge is -2.35. The second kappa shape index (κ2) is 9.32. The quantitative estimate of drug-likeness (QED) is 0.732. The van der Waals surface area contributed by atoms with Gasteiger partial charge >= 0.3 is 0 Å². The van der Waals surface area contributed by atoms with Crippen molar-refractivity contribution in [2.75, 3.05) is 19.6 Å². The summed E-state index contributed by atoms with van der Waals surface area (Å²) in [5.41, 5.74) is 2.15. The second-order valence-electron chi connectivity index (χ2n) is 8.14. The summed E-state index contributed by atoms with van der Waals surface area (Å²) in [6.07, 6.45) is 5.49. The maximum Gasteiger partial charge on any atom is 0.224 e. The van der Waals surface area contributed by atoms with Crippen LogP contribution in [0.25, 0.3) is 0 Å². The van der Waals surface area contributed by atoms with E-state index in [1.807, 2.05) is 22.7 Å². The summed E-state index contributed by atoms with van der Waals surface area (Å²) in [6, 6.07) is 6.63. The lowest BCUT2D eigenvalue weighted by atomic mass is 10.0. The molecule has 1 amide bonds. The number of nitrogens with zero attached hydrogens (tertiary/aromatic N) is 4. The van der Waals surface area contributed by atoms with Crippen molar-refractivity contribution >= 4 is 5.91 Å². The number of hydrogen-bond donors (Lipinski definition) is 0. The summed E-state index contributed by atoms with van der Waals surface area (Å²) in [6.45, 7) is 10.5. The zero-order valence-corrected chi connectivity index (χ0v) is 17.1. The number of carbonyl (C=O) groups excluding carboxylic acids is 1. The second-order valence-corrected chi connectivity index (χ2v) is 8.14. The first kappa shape index (κ1) is 20.5. The van der Waals surface area contributed by atoms with Crippen molar-refractivity contribution in [1.29, 1.82) is 0 Å². The van der Waals surface area contributed by atoms with Crippen LogP contribution in [0.2, 0.25) is 0 Å². The fourth-order valence-electron chi connectivity index (χ4n) is 3.85. The molecule has 5 nitrogen and oxygen atoms in total. The Morgan fingerprint density at radius 1 is 1.21 bits per heavy atom. The van der Waals surface area contributed by atoms with Crippen LogP contribution >= 0.6 is 0 Å². The molecular weight excluding hydrogens is 355 g/mol. The average molecular weight is 387 g/mol. The Morgan fingerprint density at radius 2 is 1.96 bits per heavy atom. The van der Waals surface area contributed by atoms with Crippen molar-refractivity contribution in [2.24, 2.45) is 5.92 Å². The normalized spacial score (nSPS) is 18.7. The van der Waals surface area contributed by atoms with E-state index < -0.39 is 0 Å². The molecule has 0 saturated carbocycles. The third-order valence-corrected chi connectivity index (χ3v) is 5.47. The number of halogens is 1. The molecule has 1 fully saturated rings. The van der Waals surface area contributed by atoms with E-state index in [1.165, 1.54) is 17.7 Å². The predicted octanol–water partition coefficient (Wildman–Crippen LogP) is 3.48. The van der Waals surface area contributed by atoms with Crippen LogP contribution < -0.4 is 0 Å². The molecule has 3 rings (SSSR count). The highest BCUT2D eigenvalue weighted by Gasteiger charge is 2.31. The SMILES string of the molecule is Cc1cnn(CCCN2CCC(=O)N(Cc3ccc(F)cc3)[C@H](C(C)C)C2)c1. The van der Waals surface area contributed by atoms with Gasteiger partial charge in [-0.15, -0.1) is 0 Å². The summed E-state index contributed by atoms with van der Waals surface area (Å²) in [5.74, 6) is 0.303. The number of benzene rings is 1. The number of rotatable bonds is 7. The van der Waals surface area contributed by atoms with E-state index in [9.17, 15) is 9.18 Å². The van der Waals surface area contributed by atoms with Gasteiger partial charge in [0.25, 0.3) is 0 Å². The van der Waals surface area contributed by atoms with Gasteiger partial charge in [-0.05, 0) is 49.1 Å². The van der Waals surface area contributed by atoms with E-state index in [0.29, 0.717) is 18.9 Å². The standard InChI is InChI=1S/C22H31FN4O/c1-17(2)21-16-25(10-4-11-26-14-18(3)13-24-26)12-9-22(28)27(21)15-19-5-7-20(23)8-6-19/h5-8,13-14,17,21H,4,9-12,15-16H2,1-3H3/t21-/m0/s1. The van der Waals surface area contributed by atoms with Crippen LogP contribution in [0.3, 0.4) is 0 Å². The fraction of sp³-hybridized carbons (Fsp3) is 0.545. The Bertz CT molecular complexity index is 771. The van der Waals surface area contributed by atoms with Crippen molar-refractivity contribution in [3.05, 3.63) is 53.6 Å². The summed E-state index contributed by atoms with van der Waals surface area (Å²) >= 11 is 0. The molecule has 0 spiro atoms. The molecule has 28 heavy (non-hydrogen) atoms. The van der Waals surface area contributed by atoms with Crippen LogP contribution in [0.15, 0.2) is 36.7 Å². The molecular formula is C22H31FN4O. The van der Waals surface area contributed by atoms with Gasteiger partial charge in [0.1, 0.15) is 5.82 Å². The van der Waals surface area contributed by atoms with Gasteiger partial charge in [-0.2, -0.15) is 5.10 Å². The minimum Gasteiger partial charge on any atom is -0.334 e. The topological polar surface area (TPSA) is 41.4 Å². The Hall–Kier alpha value is -2.21. The van der Waals surface area contributed by atoms with E-state index in [1.54, 1.807) is 12.1 Å². The van der Waals surface area contributed by atoms with E-state index in [4.69, 9.17) is 0 Å². The van der Waals surface area contributed by atoms with Crippen LogP contribution in [0.1, 0.15) is 37.8 Å². The molecule has 2 aromatic rings. The average Bonchev–Trinajstić information content (AvgIpc) is 3.00. The molecule has 0 bridgehead atoms. The van der Waals surface area contributed by atoms with Gasteiger partial charge in [0.05, 0.1) is 6.20 Å². The molecule has 1 aliphatic rings. The Kier molecular flexibility index (Phi) is 6.83. The summed E-state index contributed by atoms with van der Waals surface area (Å²) in [4.78, 5) is 17.3. The summed E-state index contributed by atoms with van der Waals surface area (Å²) in [5, 5.41) is 4.35. The third-order valence-electron chi connectivity index (χ3n) is 5.47. The van der Waals surface area contributed by atoms with Gasteiger partial charge in [0, 0.05) is 44.8 Å². The molecule has 1 aromatic heterocycles. The van der Waals surface area contributed by atoms with Crippen LogP contribution in [-0.2, 0) is 17.9 Å². The molecule has 6 heteroatoms. The highest BCUT2D eigenvalue weighted by molar-refractivity contribution is 5.77. The van der Waals surface area contributed by atoms with Gasteiger partial charge in [-0.1, -0.05) is 26.0 Å². The van der Waals surface area contributed by atoms with Crippen LogP contribution in [0, 0.1) is 18.7 Å². The van der Waals surface area contributed by atoms with Crippen LogP contribution in [0.4, 0.5) is 4.39 Å². The molecule has 152 valence electrons. The molecule has 0 N–H and O–H groups in total. The van der Waals surface area contributed by atoms with Gasteiger partial charge in [-0.25, -0.2) is 4.39 Å². The maximum absolute atomic E-state index is 13.2. The van der Waals surface area contributed by atoms with Gasteiger partial charge in [-0.3, -0.25) is 9.48 Å². The lowest BCUT2D eigenvalue weighted by Crippen LogP contribution is -2.46. The number of aryl methyl sites for hydroxylation is 2. The number of aromatic nitrogens is 2. The lowest BCUT2D eigenvalue weighted by molar-refractivity contribution is -0.134. The first-order valence-electron chi connectivity index (χ1n) is 10.2. The largest absolute Gasteiger partial charge is 0.334 e. The molecule has 0 radical (unpaired) electrons. The van der Waals surface area contributed by atoms with Crippen molar-refractivity contribution in [3.8, 4) is 0 Å². The van der Waals surface area contributed by atoms with Crippen molar-refractivity contribution in [2.45, 2.75) is 52.7 Å². The van der Waals surface area contributed by atoms with E-state index in [-0.39, 0.29) is 17.8 Å². The minimum atomic E-state index is -0.245.